The van der Waals surface area contributed by atoms with E-state index in [-0.39, 0.29) is 12.1 Å². The number of hydrogen-bond acceptors (Lipinski definition) is 3. The van der Waals surface area contributed by atoms with Crippen LogP contribution in [0.2, 0.25) is 0 Å². The van der Waals surface area contributed by atoms with Crippen LogP contribution in [0, 0.1) is 0 Å². The highest BCUT2D eigenvalue weighted by atomic mass is 16.5. The van der Waals surface area contributed by atoms with Gasteiger partial charge in [-0.2, -0.15) is 0 Å². The topological polar surface area (TPSA) is 32.7 Å². The first-order valence-electron chi connectivity index (χ1n) is 6.90. The predicted molar refractivity (Wildman–Crippen MR) is 70.5 cm³/mol. The first-order chi connectivity index (χ1) is 8.84. The number of benzene rings is 1. The molecule has 98 valence electrons. The van der Waals surface area contributed by atoms with Gasteiger partial charge < -0.3 is 9.84 Å². The number of rotatable bonds is 3. The fourth-order valence-electron chi connectivity index (χ4n) is 3.21. The molecule has 2 aliphatic heterocycles. The van der Waals surface area contributed by atoms with Crippen LogP contribution < -0.4 is 0 Å². The third-order valence-electron chi connectivity index (χ3n) is 4.22. The van der Waals surface area contributed by atoms with Gasteiger partial charge in [0.15, 0.2) is 0 Å². The van der Waals surface area contributed by atoms with Crippen molar-refractivity contribution in [2.24, 2.45) is 0 Å². The maximum absolute atomic E-state index is 10.2. The van der Waals surface area contributed by atoms with Crippen molar-refractivity contribution in [1.82, 2.24) is 4.90 Å². The number of nitrogens with zero attached hydrogens (tertiary/aromatic N) is 1. The normalized spacial score (nSPS) is 33.1. The standard InChI is InChI=1S/C15H21NO2/c17-15-6-8-16(13-7-9-18-11-13)14(15)10-12-4-2-1-3-5-12/h1-5,13-15,17H,6-11H2/t13?,14-,15-/m0/s1. The number of aliphatic hydroxyl groups excluding tert-OH is 1. The molecule has 3 atom stereocenters. The van der Waals surface area contributed by atoms with Gasteiger partial charge >= 0.3 is 0 Å². The van der Waals surface area contributed by atoms with Crippen LogP contribution in [0.4, 0.5) is 0 Å². The number of aliphatic hydroxyl groups is 1. The molecule has 0 spiro atoms. The Kier molecular flexibility index (Phi) is 3.64. The van der Waals surface area contributed by atoms with Gasteiger partial charge in [0.2, 0.25) is 0 Å². The van der Waals surface area contributed by atoms with Crippen LogP contribution in [0.1, 0.15) is 18.4 Å². The Morgan fingerprint density at radius 3 is 2.78 bits per heavy atom. The van der Waals surface area contributed by atoms with Crippen molar-refractivity contribution in [2.75, 3.05) is 19.8 Å². The summed E-state index contributed by atoms with van der Waals surface area (Å²) in [6.07, 6.45) is 2.76. The monoisotopic (exact) mass is 247 g/mol. The summed E-state index contributed by atoms with van der Waals surface area (Å²) in [5.74, 6) is 0. The van der Waals surface area contributed by atoms with E-state index in [1.54, 1.807) is 0 Å². The molecule has 0 radical (unpaired) electrons. The van der Waals surface area contributed by atoms with Gasteiger partial charge in [-0.1, -0.05) is 30.3 Å². The van der Waals surface area contributed by atoms with Crippen LogP contribution in [0.25, 0.3) is 0 Å². The molecule has 0 aromatic heterocycles. The molecule has 2 fully saturated rings. The summed E-state index contributed by atoms with van der Waals surface area (Å²) >= 11 is 0. The lowest BCUT2D eigenvalue weighted by molar-refractivity contribution is 0.0833. The lowest BCUT2D eigenvalue weighted by Crippen LogP contribution is -2.44. The summed E-state index contributed by atoms with van der Waals surface area (Å²) in [6, 6.07) is 11.2. The molecule has 2 saturated heterocycles. The van der Waals surface area contributed by atoms with E-state index in [4.69, 9.17) is 4.74 Å². The Hall–Kier alpha value is -0.900. The molecule has 2 aliphatic rings. The van der Waals surface area contributed by atoms with Crippen molar-refractivity contribution in [3.8, 4) is 0 Å². The molecule has 0 aliphatic carbocycles. The summed E-state index contributed by atoms with van der Waals surface area (Å²) in [5.41, 5.74) is 1.31. The lowest BCUT2D eigenvalue weighted by Gasteiger charge is -2.30. The van der Waals surface area contributed by atoms with Crippen molar-refractivity contribution >= 4 is 0 Å². The molecule has 3 nitrogen and oxygen atoms in total. The van der Waals surface area contributed by atoms with E-state index >= 15 is 0 Å². The predicted octanol–water partition coefficient (Wildman–Crippen LogP) is 1.45. The van der Waals surface area contributed by atoms with E-state index in [0.717, 1.165) is 39.0 Å². The van der Waals surface area contributed by atoms with Crippen LogP contribution in [0.3, 0.4) is 0 Å². The smallest absolute Gasteiger partial charge is 0.0710 e. The van der Waals surface area contributed by atoms with Gasteiger partial charge in [-0.25, -0.2) is 0 Å². The van der Waals surface area contributed by atoms with E-state index < -0.39 is 0 Å². The quantitative estimate of drug-likeness (QED) is 0.877. The molecule has 1 unspecified atom stereocenters. The van der Waals surface area contributed by atoms with Crippen molar-refractivity contribution < 1.29 is 9.84 Å². The van der Waals surface area contributed by atoms with E-state index in [0.29, 0.717) is 6.04 Å². The molecule has 0 amide bonds. The average Bonchev–Trinajstić information content (AvgIpc) is 3.02. The summed E-state index contributed by atoms with van der Waals surface area (Å²) < 4.78 is 5.48. The molecule has 18 heavy (non-hydrogen) atoms. The SMILES string of the molecule is O[C@H]1CCN(C2CCOC2)[C@H]1Cc1ccccc1. The second-order valence-corrected chi connectivity index (χ2v) is 5.37. The highest BCUT2D eigenvalue weighted by molar-refractivity contribution is 5.17. The fraction of sp³-hybridized carbons (Fsp3) is 0.600. The fourth-order valence-corrected chi connectivity index (χ4v) is 3.21. The van der Waals surface area contributed by atoms with E-state index in [9.17, 15) is 5.11 Å². The minimum atomic E-state index is -0.189. The first kappa shape index (κ1) is 12.2. The zero-order valence-electron chi connectivity index (χ0n) is 10.7. The van der Waals surface area contributed by atoms with E-state index in [2.05, 4.69) is 29.2 Å². The van der Waals surface area contributed by atoms with Crippen LogP contribution >= 0.6 is 0 Å². The summed E-state index contributed by atoms with van der Waals surface area (Å²) in [5, 5.41) is 10.2. The highest BCUT2D eigenvalue weighted by Gasteiger charge is 2.38. The van der Waals surface area contributed by atoms with Gasteiger partial charge in [0.05, 0.1) is 12.7 Å². The molecular formula is C15H21NO2. The average molecular weight is 247 g/mol. The molecule has 2 heterocycles. The molecule has 3 heteroatoms. The third kappa shape index (κ3) is 2.44. The summed E-state index contributed by atoms with van der Waals surface area (Å²) in [4.78, 5) is 2.46. The number of ether oxygens (including phenoxy) is 1. The van der Waals surface area contributed by atoms with Crippen LogP contribution in [0.15, 0.2) is 30.3 Å². The van der Waals surface area contributed by atoms with Crippen molar-refractivity contribution in [3.63, 3.8) is 0 Å². The van der Waals surface area contributed by atoms with Gasteiger partial charge in [0.25, 0.3) is 0 Å². The minimum Gasteiger partial charge on any atom is -0.391 e. The molecule has 1 N–H and O–H groups in total. The lowest BCUT2D eigenvalue weighted by atomic mass is 10.0. The minimum absolute atomic E-state index is 0.189. The largest absolute Gasteiger partial charge is 0.391 e. The third-order valence-corrected chi connectivity index (χ3v) is 4.22. The first-order valence-corrected chi connectivity index (χ1v) is 6.90. The van der Waals surface area contributed by atoms with Gasteiger partial charge in [-0.15, -0.1) is 0 Å². The molecule has 1 aromatic carbocycles. The highest BCUT2D eigenvalue weighted by Crippen LogP contribution is 2.27. The Balaban J connectivity index is 1.71. The van der Waals surface area contributed by atoms with Crippen molar-refractivity contribution in [1.29, 1.82) is 0 Å². The summed E-state index contributed by atoms with van der Waals surface area (Å²) in [6.45, 7) is 2.71. The van der Waals surface area contributed by atoms with Crippen LogP contribution in [-0.4, -0.2) is 48.0 Å². The molecule has 3 rings (SSSR count). The van der Waals surface area contributed by atoms with Gasteiger partial charge in [0.1, 0.15) is 0 Å². The van der Waals surface area contributed by atoms with E-state index in [1.807, 2.05) is 6.07 Å². The second-order valence-electron chi connectivity index (χ2n) is 5.37. The Labute approximate surface area is 108 Å². The second kappa shape index (κ2) is 5.39. The Bertz CT molecular complexity index is 375. The maximum Gasteiger partial charge on any atom is 0.0710 e. The van der Waals surface area contributed by atoms with Crippen LogP contribution in [0.5, 0.6) is 0 Å². The Morgan fingerprint density at radius 2 is 2.06 bits per heavy atom. The number of likely N-dealkylation sites (tertiary alicyclic amines) is 1. The van der Waals surface area contributed by atoms with Gasteiger partial charge in [0, 0.05) is 25.2 Å². The maximum atomic E-state index is 10.2. The zero-order valence-corrected chi connectivity index (χ0v) is 10.7. The van der Waals surface area contributed by atoms with Crippen LogP contribution in [-0.2, 0) is 11.2 Å². The van der Waals surface area contributed by atoms with Crippen molar-refractivity contribution in [2.45, 2.75) is 37.5 Å². The van der Waals surface area contributed by atoms with E-state index in [1.165, 1.54) is 5.56 Å². The molecule has 0 saturated carbocycles. The van der Waals surface area contributed by atoms with Gasteiger partial charge in [-0.3, -0.25) is 4.90 Å². The molecule has 1 aromatic rings. The summed E-state index contributed by atoms with van der Waals surface area (Å²) in [7, 11) is 0. The zero-order chi connectivity index (χ0) is 12.4. The number of hydrogen-bond donors (Lipinski definition) is 1. The molecule has 0 bridgehead atoms. The molecular weight excluding hydrogens is 226 g/mol. The van der Waals surface area contributed by atoms with Crippen molar-refractivity contribution in [3.05, 3.63) is 35.9 Å². The van der Waals surface area contributed by atoms with Gasteiger partial charge in [-0.05, 0) is 24.8 Å². The Morgan fingerprint density at radius 1 is 1.22 bits per heavy atom.